The third-order valence-electron chi connectivity index (χ3n) is 4.87. The van der Waals surface area contributed by atoms with E-state index in [-0.39, 0.29) is 41.2 Å². The molecule has 1 N–H and O–H groups in total. The standard InChI is InChI=1S/C22H19F3N2O3S/c23-17-4-1-5-18(24)16(17)11-30-13-6-7-15(19(25)9-13)22-27-20(12-31-22)21(28)26-10-14-3-2-8-29-14/h1,4-7,9,12,14H,2-3,8,10-11H2,(H,26,28)/t14-/m1/s1. The van der Waals surface area contributed by atoms with Crippen LogP contribution in [0.15, 0.2) is 41.8 Å². The Labute approximate surface area is 180 Å². The van der Waals surface area contributed by atoms with Crippen LogP contribution >= 0.6 is 11.3 Å². The quantitative estimate of drug-likeness (QED) is 0.569. The Hall–Kier alpha value is -2.91. The molecule has 0 bridgehead atoms. The molecule has 1 fully saturated rings. The van der Waals surface area contributed by atoms with Crippen LogP contribution in [0.4, 0.5) is 13.2 Å². The topological polar surface area (TPSA) is 60.5 Å². The van der Waals surface area contributed by atoms with Crippen molar-refractivity contribution in [2.75, 3.05) is 13.2 Å². The molecule has 1 aliphatic rings. The Morgan fingerprint density at radius 2 is 2.00 bits per heavy atom. The van der Waals surface area contributed by atoms with Gasteiger partial charge in [-0.3, -0.25) is 4.79 Å². The summed E-state index contributed by atoms with van der Waals surface area (Å²) in [7, 11) is 0. The largest absolute Gasteiger partial charge is 0.489 e. The van der Waals surface area contributed by atoms with Crippen molar-refractivity contribution in [3.8, 4) is 16.3 Å². The van der Waals surface area contributed by atoms with Gasteiger partial charge in [-0.15, -0.1) is 11.3 Å². The molecule has 0 spiro atoms. The SMILES string of the molecule is O=C(NC[C@H]1CCCO1)c1csc(-c2ccc(OCc3c(F)cccc3F)cc2F)n1. The van der Waals surface area contributed by atoms with Gasteiger partial charge in [0.2, 0.25) is 0 Å². The second-order valence-corrected chi connectivity index (χ2v) is 7.87. The van der Waals surface area contributed by atoms with Gasteiger partial charge in [0.1, 0.15) is 40.5 Å². The van der Waals surface area contributed by atoms with Crippen molar-refractivity contribution in [2.45, 2.75) is 25.6 Å². The van der Waals surface area contributed by atoms with Crippen molar-refractivity contribution in [2.24, 2.45) is 0 Å². The van der Waals surface area contributed by atoms with E-state index in [1.54, 1.807) is 5.38 Å². The van der Waals surface area contributed by atoms with E-state index in [1.165, 1.54) is 18.2 Å². The number of hydrogen-bond acceptors (Lipinski definition) is 5. The van der Waals surface area contributed by atoms with E-state index in [1.807, 2.05) is 0 Å². The number of carbonyl (C=O) groups is 1. The summed E-state index contributed by atoms with van der Waals surface area (Å²) < 4.78 is 52.8. The van der Waals surface area contributed by atoms with Crippen LogP contribution in [0.1, 0.15) is 28.9 Å². The van der Waals surface area contributed by atoms with Crippen molar-refractivity contribution < 1.29 is 27.4 Å². The molecule has 31 heavy (non-hydrogen) atoms. The molecule has 1 atom stereocenters. The molecule has 0 saturated carbocycles. The molecule has 2 heterocycles. The lowest BCUT2D eigenvalue weighted by atomic mass is 10.2. The van der Waals surface area contributed by atoms with E-state index < -0.39 is 17.5 Å². The number of carbonyl (C=O) groups excluding carboxylic acids is 1. The lowest BCUT2D eigenvalue weighted by Crippen LogP contribution is -2.31. The monoisotopic (exact) mass is 448 g/mol. The van der Waals surface area contributed by atoms with Crippen LogP contribution in [-0.4, -0.2) is 30.1 Å². The van der Waals surface area contributed by atoms with E-state index in [0.717, 1.165) is 42.4 Å². The third-order valence-corrected chi connectivity index (χ3v) is 5.74. The molecular formula is C22H19F3N2O3S. The van der Waals surface area contributed by atoms with E-state index in [2.05, 4.69) is 10.3 Å². The summed E-state index contributed by atoms with van der Waals surface area (Å²) >= 11 is 1.14. The molecule has 1 saturated heterocycles. The third kappa shape index (κ3) is 5.05. The summed E-state index contributed by atoms with van der Waals surface area (Å²) in [6.07, 6.45) is 1.91. The van der Waals surface area contributed by atoms with Crippen LogP contribution in [0.2, 0.25) is 0 Å². The van der Waals surface area contributed by atoms with Crippen LogP contribution in [0.3, 0.4) is 0 Å². The van der Waals surface area contributed by atoms with Crippen LogP contribution < -0.4 is 10.1 Å². The van der Waals surface area contributed by atoms with Crippen LogP contribution in [0.25, 0.3) is 10.6 Å². The molecule has 1 aromatic heterocycles. The van der Waals surface area contributed by atoms with Gasteiger partial charge in [-0.1, -0.05) is 6.07 Å². The predicted octanol–water partition coefficient (Wildman–Crippen LogP) is 4.72. The van der Waals surface area contributed by atoms with Crippen molar-refractivity contribution in [3.63, 3.8) is 0 Å². The predicted molar refractivity (Wildman–Crippen MR) is 110 cm³/mol. The number of amides is 1. The zero-order valence-corrected chi connectivity index (χ0v) is 17.2. The Bertz CT molecular complexity index is 1060. The van der Waals surface area contributed by atoms with Gasteiger partial charge in [-0.05, 0) is 37.1 Å². The summed E-state index contributed by atoms with van der Waals surface area (Å²) in [6.45, 7) is 0.744. The summed E-state index contributed by atoms with van der Waals surface area (Å²) in [5, 5.41) is 4.68. The molecule has 2 aromatic carbocycles. The molecule has 5 nitrogen and oxygen atoms in total. The average molecular weight is 448 g/mol. The summed E-state index contributed by atoms with van der Waals surface area (Å²) in [6, 6.07) is 7.57. The van der Waals surface area contributed by atoms with Crippen LogP contribution in [0, 0.1) is 17.5 Å². The first-order chi connectivity index (χ1) is 15.0. The van der Waals surface area contributed by atoms with Gasteiger partial charge in [-0.2, -0.15) is 0 Å². The highest BCUT2D eigenvalue weighted by Crippen LogP contribution is 2.29. The fourth-order valence-electron chi connectivity index (χ4n) is 3.19. The minimum atomic E-state index is -0.731. The molecule has 1 aliphatic heterocycles. The normalized spacial score (nSPS) is 15.8. The molecular weight excluding hydrogens is 429 g/mol. The molecule has 162 valence electrons. The highest BCUT2D eigenvalue weighted by Gasteiger charge is 2.19. The number of ether oxygens (including phenoxy) is 2. The molecule has 0 aliphatic carbocycles. The van der Waals surface area contributed by atoms with E-state index >= 15 is 0 Å². The molecule has 3 aromatic rings. The second kappa shape index (κ2) is 9.49. The van der Waals surface area contributed by atoms with Gasteiger partial charge < -0.3 is 14.8 Å². The maximum atomic E-state index is 14.6. The molecule has 9 heteroatoms. The number of rotatable bonds is 7. The van der Waals surface area contributed by atoms with Crippen molar-refractivity contribution >= 4 is 17.2 Å². The Balaban J connectivity index is 1.40. The van der Waals surface area contributed by atoms with Crippen molar-refractivity contribution in [1.82, 2.24) is 10.3 Å². The molecule has 0 radical (unpaired) electrons. The van der Waals surface area contributed by atoms with Gasteiger partial charge in [0, 0.05) is 30.2 Å². The van der Waals surface area contributed by atoms with Gasteiger partial charge in [0.05, 0.1) is 11.7 Å². The first kappa shape index (κ1) is 21.3. The first-order valence-corrected chi connectivity index (χ1v) is 10.6. The van der Waals surface area contributed by atoms with Crippen molar-refractivity contribution in [1.29, 1.82) is 0 Å². The lowest BCUT2D eigenvalue weighted by molar-refractivity contribution is 0.0854. The fourth-order valence-corrected chi connectivity index (χ4v) is 4.02. The fraction of sp³-hybridized carbons (Fsp3) is 0.273. The second-order valence-electron chi connectivity index (χ2n) is 7.01. The minimum Gasteiger partial charge on any atom is -0.489 e. The smallest absolute Gasteiger partial charge is 0.270 e. The number of nitrogens with zero attached hydrogens (tertiary/aromatic N) is 1. The number of benzene rings is 2. The van der Waals surface area contributed by atoms with Crippen LogP contribution in [0.5, 0.6) is 5.75 Å². The average Bonchev–Trinajstić information content (AvgIpc) is 3.44. The number of hydrogen-bond donors (Lipinski definition) is 1. The molecule has 1 amide bonds. The summed E-state index contributed by atoms with van der Waals surface area (Å²) in [5.41, 5.74) is 0.172. The van der Waals surface area contributed by atoms with Gasteiger partial charge in [0.25, 0.3) is 5.91 Å². The van der Waals surface area contributed by atoms with E-state index in [0.29, 0.717) is 18.2 Å². The Morgan fingerprint density at radius 1 is 1.19 bits per heavy atom. The van der Waals surface area contributed by atoms with Gasteiger partial charge in [-0.25, -0.2) is 18.2 Å². The Kier molecular flexibility index (Phi) is 6.53. The maximum Gasteiger partial charge on any atom is 0.270 e. The lowest BCUT2D eigenvalue weighted by Gasteiger charge is -2.09. The number of aromatic nitrogens is 1. The Morgan fingerprint density at radius 3 is 2.71 bits per heavy atom. The molecule has 0 unspecified atom stereocenters. The minimum absolute atomic E-state index is 0.0184. The van der Waals surface area contributed by atoms with E-state index in [4.69, 9.17) is 9.47 Å². The zero-order valence-electron chi connectivity index (χ0n) is 16.4. The number of thiazole rings is 1. The summed E-state index contributed by atoms with van der Waals surface area (Å²) in [5.74, 6) is -2.30. The first-order valence-electron chi connectivity index (χ1n) is 9.72. The maximum absolute atomic E-state index is 14.6. The van der Waals surface area contributed by atoms with Gasteiger partial charge >= 0.3 is 0 Å². The van der Waals surface area contributed by atoms with Gasteiger partial charge in [0.15, 0.2) is 0 Å². The number of halogens is 3. The number of nitrogens with one attached hydrogen (secondary N) is 1. The highest BCUT2D eigenvalue weighted by molar-refractivity contribution is 7.13. The van der Waals surface area contributed by atoms with E-state index in [9.17, 15) is 18.0 Å². The zero-order chi connectivity index (χ0) is 21.8. The molecule has 4 rings (SSSR count). The summed E-state index contributed by atoms with van der Waals surface area (Å²) in [4.78, 5) is 16.5. The van der Waals surface area contributed by atoms with Crippen LogP contribution in [-0.2, 0) is 11.3 Å². The highest BCUT2D eigenvalue weighted by atomic mass is 32.1. The van der Waals surface area contributed by atoms with Crippen molar-refractivity contribution in [3.05, 3.63) is 70.5 Å².